The van der Waals surface area contributed by atoms with E-state index in [4.69, 9.17) is 20.9 Å². The maximum absolute atomic E-state index is 11.4. The lowest BCUT2D eigenvalue weighted by Gasteiger charge is -2.06. The molecule has 1 atom stereocenters. The maximum atomic E-state index is 11.4. The van der Waals surface area contributed by atoms with Crippen LogP contribution in [0.3, 0.4) is 0 Å². The molecule has 136 valence electrons. The first-order valence-corrected chi connectivity index (χ1v) is 8.47. The van der Waals surface area contributed by atoms with E-state index in [1.54, 1.807) is 24.3 Å². The molecule has 0 unspecified atom stereocenters. The smallest absolute Gasteiger partial charge is 0.336 e. The Morgan fingerprint density at radius 2 is 2.07 bits per heavy atom. The Labute approximate surface area is 158 Å². The molecule has 2 N–H and O–H groups in total. The van der Waals surface area contributed by atoms with Gasteiger partial charge in [0.2, 0.25) is 5.56 Å². The predicted octanol–water partition coefficient (Wildman–Crippen LogP) is 3.61. The minimum absolute atomic E-state index is 0.144. The number of aromatic amines is 2. The topological polar surface area (TPSA) is 110 Å². The number of nitrogens with zero attached hydrogens (tertiary/aromatic N) is 3. The summed E-state index contributed by atoms with van der Waals surface area (Å²) in [6, 6.07) is 12.3. The molecule has 8 nitrogen and oxygen atoms in total. The second kappa shape index (κ2) is 7.08. The Morgan fingerprint density at radius 1 is 1.19 bits per heavy atom. The van der Waals surface area contributed by atoms with Gasteiger partial charge in [0.1, 0.15) is 11.8 Å². The molecule has 0 bridgehead atoms. The lowest BCUT2D eigenvalue weighted by Crippen LogP contribution is -2.04. The predicted molar refractivity (Wildman–Crippen MR) is 98.4 cm³/mol. The number of aromatic nitrogens is 5. The number of pyridine rings is 1. The summed E-state index contributed by atoms with van der Waals surface area (Å²) in [4.78, 5) is 18.2. The van der Waals surface area contributed by atoms with E-state index in [2.05, 4.69) is 25.3 Å². The molecule has 0 fully saturated rings. The Balaban J connectivity index is 1.50. The highest BCUT2D eigenvalue weighted by atomic mass is 35.5. The molecule has 4 rings (SSSR count). The number of hydrogen-bond acceptors (Lipinski definition) is 6. The van der Waals surface area contributed by atoms with Crippen LogP contribution in [0.25, 0.3) is 22.7 Å². The number of halogens is 1. The monoisotopic (exact) mass is 383 g/mol. The van der Waals surface area contributed by atoms with Gasteiger partial charge in [-0.15, -0.1) is 5.10 Å². The zero-order valence-corrected chi connectivity index (χ0v) is 14.9. The van der Waals surface area contributed by atoms with Crippen molar-refractivity contribution in [2.24, 2.45) is 0 Å². The van der Waals surface area contributed by atoms with Gasteiger partial charge in [-0.2, -0.15) is 4.98 Å². The largest absolute Gasteiger partial charge is 0.453 e. The summed E-state index contributed by atoms with van der Waals surface area (Å²) in [6.07, 6.45) is 1.10. The second-order valence-corrected chi connectivity index (χ2v) is 6.23. The molecule has 3 heterocycles. The van der Waals surface area contributed by atoms with Gasteiger partial charge in [-0.1, -0.05) is 28.9 Å². The molecule has 9 heteroatoms. The van der Waals surface area contributed by atoms with Crippen LogP contribution in [0.15, 0.2) is 58.0 Å². The number of ether oxygens (including phenoxy) is 1. The minimum atomic E-state index is -0.440. The quantitative estimate of drug-likeness (QED) is 0.544. The highest BCUT2D eigenvalue weighted by molar-refractivity contribution is 6.30. The highest BCUT2D eigenvalue weighted by Gasteiger charge is 2.17. The highest BCUT2D eigenvalue weighted by Crippen LogP contribution is 2.27. The van der Waals surface area contributed by atoms with E-state index in [0.29, 0.717) is 27.9 Å². The molecule has 1 aromatic carbocycles. The van der Waals surface area contributed by atoms with E-state index in [0.717, 1.165) is 5.56 Å². The molecule has 27 heavy (non-hydrogen) atoms. The summed E-state index contributed by atoms with van der Waals surface area (Å²) in [7, 11) is 0. The molecule has 0 amide bonds. The van der Waals surface area contributed by atoms with E-state index < -0.39 is 6.10 Å². The second-order valence-electron chi connectivity index (χ2n) is 5.79. The van der Waals surface area contributed by atoms with Gasteiger partial charge in [0.15, 0.2) is 11.6 Å². The molecule has 4 aromatic rings. The van der Waals surface area contributed by atoms with Crippen molar-refractivity contribution in [2.75, 3.05) is 0 Å². The Morgan fingerprint density at radius 3 is 2.89 bits per heavy atom. The standard InChI is InChI=1S/C18H14ClN5O3/c1-10(14-9-15(27-24-14)11-3-2-4-13(19)7-11)26-18-21-17(22-23-18)12-5-6-20-16(25)8-12/h2-10H,1H3,(H,20,25)(H,21,22,23)/t10-/m1/s1. The van der Waals surface area contributed by atoms with Gasteiger partial charge in [-0.05, 0) is 25.1 Å². The number of hydrogen-bond donors (Lipinski definition) is 2. The summed E-state index contributed by atoms with van der Waals surface area (Å²) in [6.45, 7) is 1.81. The fourth-order valence-corrected chi connectivity index (χ4v) is 2.69. The Kier molecular flexibility index (Phi) is 4.47. The van der Waals surface area contributed by atoms with Crippen LogP contribution in [0.5, 0.6) is 6.01 Å². The molecule has 0 saturated carbocycles. The van der Waals surface area contributed by atoms with Gasteiger partial charge in [-0.3, -0.25) is 9.89 Å². The minimum Gasteiger partial charge on any atom is -0.453 e. The fraction of sp³-hybridized carbons (Fsp3) is 0.111. The van der Waals surface area contributed by atoms with E-state index in [1.807, 2.05) is 19.1 Å². The number of rotatable bonds is 5. The molecule has 0 aliphatic carbocycles. The van der Waals surface area contributed by atoms with Crippen LogP contribution >= 0.6 is 11.6 Å². The van der Waals surface area contributed by atoms with E-state index in [9.17, 15) is 4.79 Å². The summed E-state index contributed by atoms with van der Waals surface area (Å²) >= 11 is 6.01. The SMILES string of the molecule is C[C@@H](Oc1n[nH]c(-c2cc[nH]c(=O)c2)n1)c1cc(-c2cccc(Cl)c2)on1. The summed E-state index contributed by atoms with van der Waals surface area (Å²) < 4.78 is 11.1. The third-order valence-corrected chi connectivity index (χ3v) is 4.08. The van der Waals surface area contributed by atoms with Crippen molar-refractivity contribution >= 4 is 11.6 Å². The van der Waals surface area contributed by atoms with Gasteiger partial charge in [0.05, 0.1) is 0 Å². The van der Waals surface area contributed by atoms with Crippen LogP contribution in [0.4, 0.5) is 0 Å². The van der Waals surface area contributed by atoms with Crippen LogP contribution in [-0.2, 0) is 0 Å². The van der Waals surface area contributed by atoms with Gasteiger partial charge < -0.3 is 14.2 Å². The lowest BCUT2D eigenvalue weighted by atomic mass is 10.1. The average Bonchev–Trinajstić information content (AvgIpc) is 3.31. The first-order chi connectivity index (χ1) is 13.1. The Bertz CT molecular complexity index is 1130. The van der Waals surface area contributed by atoms with Gasteiger partial charge >= 0.3 is 6.01 Å². The molecule has 0 spiro atoms. The normalized spacial score (nSPS) is 12.1. The van der Waals surface area contributed by atoms with Gasteiger partial charge in [0.25, 0.3) is 0 Å². The van der Waals surface area contributed by atoms with Crippen molar-refractivity contribution in [3.05, 3.63) is 69.7 Å². The average molecular weight is 384 g/mol. The van der Waals surface area contributed by atoms with Crippen LogP contribution in [0, 0.1) is 0 Å². The van der Waals surface area contributed by atoms with E-state index >= 15 is 0 Å². The summed E-state index contributed by atoms with van der Waals surface area (Å²) in [5.41, 5.74) is 1.80. The van der Waals surface area contributed by atoms with Crippen molar-refractivity contribution in [1.29, 1.82) is 0 Å². The molecule has 0 radical (unpaired) electrons. The van der Waals surface area contributed by atoms with E-state index in [-0.39, 0.29) is 11.6 Å². The van der Waals surface area contributed by atoms with Crippen molar-refractivity contribution < 1.29 is 9.26 Å². The first kappa shape index (κ1) is 17.0. The third kappa shape index (κ3) is 3.75. The summed E-state index contributed by atoms with van der Waals surface area (Å²) in [5.74, 6) is 1.02. The van der Waals surface area contributed by atoms with Crippen molar-refractivity contribution in [1.82, 2.24) is 25.3 Å². The van der Waals surface area contributed by atoms with Crippen LogP contribution in [0.2, 0.25) is 5.02 Å². The van der Waals surface area contributed by atoms with Gasteiger partial charge in [-0.25, -0.2) is 0 Å². The van der Waals surface area contributed by atoms with Crippen molar-refractivity contribution in [2.45, 2.75) is 13.0 Å². The third-order valence-electron chi connectivity index (χ3n) is 3.85. The fourth-order valence-electron chi connectivity index (χ4n) is 2.50. The Hall–Kier alpha value is -3.39. The zero-order chi connectivity index (χ0) is 18.8. The van der Waals surface area contributed by atoms with E-state index in [1.165, 1.54) is 12.3 Å². The van der Waals surface area contributed by atoms with Crippen LogP contribution in [-0.4, -0.2) is 25.3 Å². The van der Waals surface area contributed by atoms with Crippen molar-refractivity contribution in [3.63, 3.8) is 0 Å². The molecular formula is C18H14ClN5O3. The lowest BCUT2D eigenvalue weighted by molar-refractivity contribution is 0.197. The molecule has 3 aromatic heterocycles. The zero-order valence-electron chi connectivity index (χ0n) is 14.1. The van der Waals surface area contributed by atoms with Crippen molar-refractivity contribution in [3.8, 4) is 28.7 Å². The number of nitrogens with one attached hydrogen (secondary N) is 2. The van der Waals surface area contributed by atoms with Crippen LogP contribution in [0.1, 0.15) is 18.7 Å². The van der Waals surface area contributed by atoms with Gasteiger partial charge in [0, 0.05) is 34.5 Å². The first-order valence-electron chi connectivity index (χ1n) is 8.09. The maximum Gasteiger partial charge on any atom is 0.336 e. The molecule has 0 saturated heterocycles. The van der Waals surface area contributed by atoms with Crippen LogP contribution < -0.4 is 10.3 Å². The number of H-pyrrole nitrogens is 2. The summed E-state index contributed by atoms with van der Waals surface area (Å²) in [5, 5.41) is 11.4. The molecular weight excluding hydrogens is 370 g/mol. The molecule has 0 aliphatic heterocycles. The number of benzene rings is 1. The molecule has 0 aliphatic rings.